The zero-order valence-electron chi connectivity index (χ0n) is 17.3. The molecule has 3 aromatic heterocycles. The van der Waals surface area contributed by atoms with Crippen LogP contribution >= 0.6 is 0 Å². The lowest BCUT2D eigenvalue weighted by molar-refractivity contribution is -0.162. The van der Waals surface area contributed by atoms with Crippen LogP contribution in [0.25, 0.3) is 16.8 Å². The number of carbonyl (C=O) groups excluding carboxylic acids is 1. The summed E-state index contributed by atoms with van der Waals surface area (Å²) in [6.45, 7) is 1.90. The largest absolute Gasteiger partial charge is 0.401 e. The lowest BCUT2D eigenvalue weighted by Gasteiger charge is -2.17. The van der Waals surface area contributed by atoms with Crippen molar-refractivity contribution in [1.82, 2.24) is 24.4 Å². The van der Waals surface area contributed by atoms with Crippen molar-refractivity contribution >= 4 is 17.4 Å². The fourth-order valence-electron chi connectivity index (χ4n) is 3.90. The molecule has 1 aliphatic carbocycles. The minimum Gasteiger partial charge on any atom is -0.307 e. The first-order valence-electron chi connectivity index (χ1n) is 10.0. The number of anilines is 1. The van der Waals surface area contributed by atoms with Gasteiger partial charge < -0.3 is 5.32 Å². The first-order chi connectivity index (χ1) is 15.2. The molecular weight excluding hydrogens is 421 g/mol. The Morgan fingerprint density at radius 3 is 2.56 bits per heavy atom. The highest BCUT2D eigenvalue weighted by Crippen LogP contribution is 2.58. The monoisotopic (exact) mass is 440 g/mol. The number of rotatable bonds is 4. The third-order valence-corrected chi connectivity index (χ3v) is 6.00. The van der Waals surface area contributed by atoms with Crippen LogP contribution in [0.3, 0.4) is 0 Å². The fraction of sp³-hybridized carbons (Fsp3) is 0.273. The van der Waals surface area contributed by atoms with Gasteiger partial charge >= 0.3 is 6.18 Å². The molecule has 164 valence electrons. The van der Waals surface area contributed by atoms with E-state index in [1.165, 1.54) is 4.40 Å². The van der Waals surface area contributed by atoms with Gasteiger partial charge in [-0.05, 0) is 60.7 Å². The molecule has 1 N–H and O–H groups in total. The number of fused-ring (bicyclic) bond motifs is 1. The molecule has 3 heterocycles. The van der Waals surface area contributed by atoms with E-state index >= 15 is 0 Å². The standard InChI is InChI=1S/C22H19F3N6O/c1-13-3-4-15(19(32)27-17-5-9-26-30(17)2)11-16(13)14-6-10-31-18(12-14)28-29-20(31)21(7-8-21)22(23,24)25/h3-6,9-12H,7-8H2,1-2H3,(H,27,32). The highest BCUT2D eigenvalue weighted by molar-refractivity contribution is 6.04. The molecule has 32 heavy (non-hydrogen) atoms. The van der Waals surface area contributed by atoms with Crippen LogP contribution in [0.4, 0.5) is 19.0 Å². The Kier molecular flexibility index (Phi) is 4.37. The van der Waals surface area contributed by atoms with Crippen molar-refractivity contribution < 1.29 is 18.0 Å². The number of benzene rings is 1. The number of pyridine rings is 1. The first kappa shape index (κ1) is 20.2. The third kappa shape index (κ3) is 3.14. The van der Waals surface area contributed by atoms with E-state index in [0.717, 1.165) is 16.7 Å². The molecule has 1 aromatic carbocycles. The lowest BCUT2D eigenvalue weighted by Crippen LogP contribution is -2.30. The number of nitrogens with one attached hydrogen (secondary N) is 1. The van der Waals surface area contributed by atoms with Crippen LogP contribution in [0.2, 0.25) is 0 Å². The maximum Gasteiger partial charge on any atom is 0.401 e. The van der Waals surface area contributed by atoms with Crippen molar-refractivity contribution in [2.75, 3.05) is 5.32 Å². The number of aromatic nitrogens is 5. The van der Waals surface area contributed by atoms with Gasteiger partial charge in [0.1, 0.15) is 11.2 Å². The second-order valence-corrected chi connectivity index (χ2v) is 8.07. The van der Waals surface area contributed by atoms with Crippen molar-refractivity contribution in [3.63, 3.8) is 0 Å². The van der Waals surface area contributed by atoms with E-state index in [4.69, 9.17) is 0 Å². The third-order valence-electron chi connectivity index (χ3n) is 6.00. The summed E-state index contributed by atoms with van der Waals surface area (Å²) in [6, 6.07) is 10.4. The molecule has 10 heteroatoms. The second kappa shape index (κ2) is 6.91. The van der Waals surface area contributed by atoms with Crippen molar-refractivity contribution in [2.45, 2.75) is 31.4 Å². The zero-order valence-corrected chi connectivity index (χ0v) is 17.3. The molecule has 1 saturated carbocycles. The minimum atomic E-state index is -4.36. The van der Waals surface area contributed by atoms with Gasteiger partial charge in [0.25, 0.3) is 5.91 Å². The molecule has 0 atom stereocenters. The number of hydrogen-bond acceptors (Lipinski definition) is 4. The van der Waals surface area contributed by atoms with E-state index in [-0.39, 0.29) is 24.6 Å². The van der Waals surface area contributed by atoms with Crippen LogP contribution in [0, 0.1) is 6.92 Å². The molecule has 0 unspecified atom stereocenters. The van der Waals surface area contributed by atoms with E-state index in [2.05, 4.69) is 20.6 Å². The summed E-state index contributed by atoms with van der Waals surface area (Å²) in [7, 11) is 1.72. The van der Waals surface area contributed by atoms with Gasteiger partial charge in [0.05, 0.1) is 6.20 Å². The summed E-state index contributed by atoms with van der Waals surface area (Å²) in [4.78, 5) is 12.7. The average Bonchev–Trinajstić information content (AvgIpc) is 3.32. The van der Waals surface area contributed by atoms with Crippen LogP contribution in [-0.2, 0) is 12.5 Å². The van der Waals surface area contributed by atoms with Gasteiger partial charge in [-0.3, -0.25) is 13.9 Å². The molecule has 1 amide bonds. The number of hydrogen-bond donors (Lipinski definition) is 1. The second-order valence-electron chi connectivity index (χ2n) is 8.07. The Morgan fingerprint density at radius 1 is 1.12 bits per heavy atom. The number of nitrogens with zero attached hydrogens (tertiary/aromatic N) is 5. The van der Waals surface area contributed by atoms with Gasteiger partial charge in [-0.25, -0.2) is 0 Å². The zero-order chi connectivity index (χ0) is 22.7. The highest BCUT2D eigenvalue weighted by Gasteiger charge is 2.67. The van der Waals surface area contributed by atoms with Crippen LogP contribution in [0.5, 0.6) is 0 Å². The normalized spacial score (nSPS) is 15.2. The maximum atomic E-state index is 13.5. The van der Waals surface area contributed by atoms with E-state index < -0.39 is 11.6 Å². The molecule has 1 aliphatic rings. The quantitative estimate of drug-likeness (QED) is 0.514. The summed E-state index contributed by atoms with van der Waals surface area (Å²) in [5.74, 6) is 0.197. The molecule has 1 fully saturated rings. The number of aryl methyl sites for hydroxylation is 2. The lowest BCUT2D eigenvalue weighted by atomic mass is 9.98. The van der Waals surface area contributed by atoms with Gasteiger partial charge in [-0.15, -0.1) is 10.2 Å². The predicted octanol–water partition coefficient (Wildman–Crippen LogP) is 4.28. The molecule has 0 bridgehead atoms. The van der Waals surface area contributed by atoms with E-state index in [1.54, 1.807) is 54.5 Å². The molecule has 0 spiro atoms. The van der Waals surface area contributed by atoms with Crippen LogP contribution in [0.1, 0.15) is 34.6 Å². The number of alkyl halides is 3. The van der Waals surface area contributed by atoms with Crippen LogP contribution in [-0.4, -0.2) is 36.5 Å². The SMILES string of the molecule is Cc1ccc(C(=O)Nc2ccnn2C)cc1-c1ccn2c(C3(C(F)(F)F)CC3)nnc2c1. The summed E-state index contributed by atoms with van der Waals surface area (Å²) in [6.07, 6.45) is -1.17. The molecule has 5 rings (SSSR count). The van der Waals surface area contributed by atoms with Crippen molar-refractivity contribution in [2.24, 2.45) is 7.05 Å². The van der Waals surface area contributed by atoms with Gasteiger partial charge in [0, 0.05) is 24.9 Å². The number of halogens is 3. The Morgan fingerprint density at radius 2 is 1.91 bits per heavy atom. The van der Waals surface area contributed by atoms with Gasteiger partial charge in [0.2, 0.25) is 0 Å². The molecule has 4 aromatic rings. The Bertz CT molecular complexity index is 1350. The van der Waals surface area contributed by atoms with E-state index in [9.17, 15) is 18.0 Å². The maximum absolute atomic E-state index is 13.5. The van der Waals surface area contributed by atoms with Gasteiger partial charge in [-0.1, -0.05) is 6.07 Å². The van der Waals surface area contributed by atoms with Crippen molar-refractivity contribution in [3.8, 4) is 11.1 Å². The van der Waals surface area contributed by atoms with E-state index in [0.29, 0.717) is 17.0 Å². The Hall–Kier alpha value is -3.69. The highest BCUT2D eigenvalue weighted by atomic mass is 19.4. The molecular formula is C22H19F3N6O. The van der Waals surface area contributed by atoms with Crippen LogP contribution < -0.4 is 5.32 Å². The van der Waals surface area contributed by atoms with Gasteiger partial charge in [0.15, 0.2) is 11.5 Å². The van der Waals surface area contributed by atoms with Crippen molar-refractivity contribution in [1.29, 1.82) is 0 Å². The molecule has 0 radical (unpaired) electrons. The smallest absolute Gasteiger partial charge is 0.307 e. The van der Waals surface area contributed by atoms with Crippen LogP contribution in [0.15, 0.2) is 48.8 Å². The number of amides is 1. The Labute approximate surface area is 180 Å². The first-order valence-corrected chi connectivity index (χ1v) is 10.0. The number of carbonyl (C=O) groups is 1. The predicted molar refractivity (Wildman–Crippen MR) is 111 cm³/mol. The molecule has 0 saturated heterocycles. The topological polar surface area (TPSA) is 77.1 Å². The summed E-state index contributed by atoms with van der Waals surface area (Å²) in [5.41, 5.74) is 1.31. The Balaban J connectivity index is 1.50. The fourth-order valence-corrected chi connectivity index (χ4v) is 3.90. The minimum absolute atomic E-state index is 0.0198. The van der Waals surface area contributed by atoms with Crippen molar-refractivity contribution in [3.05, 3.63) is 65.7 Å². The summed E-state index contributed by atoms with van der Waals surface area (Å²) < 4.78 is 43.6. The molecule has 7 nitrogen and oxygen atoms in total. The summed E-state index contributed by atoms with van der Waals surface area (Å²) >= 11 is 0. The van der Waals surface area contributed by atoms with E-state index in [1.807, 2.05) is 13.0 Å². The summed E-state index contributed by atoms with van der Waals surface area (Å²) in [5, 5.41) is 14.7. The molecule has 0 aliphatic heterocycles. The average molecular weight is 440 g/mol. The van der Waals surface area contributed by atoms with Gasteiger partial charge in [-0.2, -0.15) is 18.3 Å².